The Kier molecular flexibility index (Phi) is 3.87. The minimum atomic E-state index is -1.66. The van der Waals surface area contributed by atoms with Crippen LogP contribution in [0.2, 0.25) is 0 Å². The van der Waals surface area contributed by atoms with Crippen molar-refractivity contribution in [3.05, 3.63) is 35.4 Å². The van der Waals surface area contributed by atoms with Crippen LogP contribution in [0.3, 0.4) is 0 Å². The topological polar surface area (TPSA) is 92.8 Å². The number of imide groups is 1. The van der Waals surface area contributed by atoms with Crippen molar-refractivity contribution in [1.82, 2.24) is 10.2 Å². The Morgan fingerprint density at radius 2 is 2.00 bits per heavy atom. The molecule has 126 valence electrons. The Balaban J connectivity index is 2.26. The first-order chi connectivity index (χ1) is 11.5. The lowest BCUT2D eigenvalue weighted by Gasteiger charge is -2.35. The molecular formula is C17H18N2O5. The van der Waals surface area contributed by atoms with E-state index < -0.39 is 29.2 Å². The summed E-state index contributed by atoms with van der Waals surface area (Å²) in [6.07, 6.45) is 1.45. The number of hydrogen-bond donors (Lipinski definition) is 1. The molecule has 2 unspecified atom stereocenters. The number of carbonyl (C=O) groups excluding carboxylic acids is 4. The Morgan fingerprint density at radius 1 is 1.29 bits per heavy atom. The molecular weight excluding hydrogens is 312 g/mol. The molecule has 1 fully saturated rings. The van der Waals surface area contributed by atoms with Crippen LogP contribution >= 0.6 is 0 Å². The monoisotopic (exact) mass is 330 g/mol. The normalized spacial score (nSPS) is 25.2. The first-order valence-corrected chi connectivity index (χ1v) is 7.84. The number of ether oxygens (including phenoxy) is 1. The SMILES string of the molecule is CCCCN1C(=O)c2ccccc2C12C(=O)NC(=O)C2C(=O)OC. The van der Waals surface area contributed by atoms with Crippen molar-refractivity contribution >= 4 is 23.7 Å². The molecule has 2 heterocycles. The van der Waals surface area contributed by atoms with E-state index in [9.17, 15) is 19.2 Å². The summed E-state index contributed by atoms with van der Waals surface area (Å²) in [5.41, 5.74) is -0.940. The van der Waals surface area contributed by atoms with Crippen LogP contribution in [0.5, 0.6) is 0 Å². The largest absolute Gasteiger partial charge is 0.468 e. The van der Waals surface area contributed by atoms with Crippen LogP contribution < -0.4 is 5.32 Å². The molecule has 1 N–H and O–H groups in total. The fraction of sp³-hybridized carbons (Fsp3) is 0.412. The molecule has 24 heavy (non-hydrogen) atoms. The zero-order valence-electron chi connectivity index (χ0n) is 13.5. The maximum atomic E-state index is 12.9. The van der Waals surface area contributed by atoms with Gasteiger partial charge in [0, 0.05) is 17.7 Å². The number of nitrogens with one attached hydrogen (secondary N) is 1. The van der Waals surface area contributed by atoms with Gasteiger partial charge in [-0.2, -0.15) is 0 Å². The minimum absolute atomic E-state index is 0.276. The zero-order valence-corrected chi connectivity index (χ0v) is 13.5. The van der Waals surface area contributed by atoms with E-state index in [0.717, 1.165) is 13.5 Å². The van der Waals surface area contributed by atoms with E-state index in [1.165, 1.54) is 4.90 Å². The standard InChI is InChI=1S/C17H18N2O5/c1-3-4-9-19-14(21)10-7-5-6-8-11(10)17(19)12(15(22)24-2)13(20)18-16(17)23/h5-8,12H,3-4,9H2,1-2H3,(H,18,20,23). The van der Waals surface area contributed by atoms with E-state index in [-0.39, 0.29) is 12.5 Å². The third-order valence-corrected chi connectivity index (χ3v) is 4.67. The van der Waals surface area contributed by atoms with Crippen molar-refractivity contribution in [3.63, 3.8) is 0 Å². The number of amides is 3. The van der Waals surface area contributed by atoms with Crippen molar-refractivity contribution in [2.75, 3.05) is 13.7 Å². The summed E-state index contributed by atoms with van der Waals surface area (Å²) in [5.74, 6) is -3.98. The molecule has 2 aliphatic rings. The van der Waals surface area contributed by atoms with Crippen LogP contribution in [0.4, 0.5) is 0 Å². The predicted molar refractivity (Wildman–Crippen MR) is 82.7 cm³/mol. The smallest absolute Gasteiger partial charge is 0.321 e. The summed E-state index contributed by atoms with van der Waals surface area (Å²) in [6.45, 7) is 2.23. The van der Waals surface area contributed by atoms with Gasteiger partial charge < -0.3 is 9.64 Å². The van der Waals surface area contributed by atoms with Gasteiger partial charge in [-0.3, -0.25) is 24.5 Å². The Morgan fingerprint density at radius 3 is 2.67 bits per heavy atom. The maximum absolute atomic E-state index is 12.9. The molecule has 1 spiro atoms. The average molecular weight is 330 g/mol. The van der Waals surface area contributed by atoms with Gasteiger partial charge in [0.25, 0.3) is 11.8 Å². The second-order valence-electron chi connectivity index (χ2n) is 5.90. The number of unbranched alkanes of at least 4 members (excludes halogenated alkanes) is 1. The molecule has 0 radical (unpaired) electrons. The maximum Gasteiger partial charge on any atom is 0.321 e. The Bertz CT molecular complexity index is 744. The Hall–Kier alpha value is -2.70. The zero-order chi connectivity index (χ0) is 17.5. The first-order valence-electron chi connectivity index (χ1n) is 7.84. The molecule has 3 rings (SSSR count). The van der Waals surface area contributed by atoms with E-state index in [1.807, 2.05) is 6.92 Å². The van der Waals surface area contributed by atoms with E-state index in [2.05, 4.69) is 5.32 Å². The van der Waals surface area contributed by atoms with Crippen molar-refractivity contribution in [1.29, 1.82) is 0 Å². The van der Waals surface area contributed by atoms with Crippen LogP contribution in [0.15, 0.2) is 24.3 Å². The second-order valence-corrected chi connectivity index (χ2v) is 5.90. The van der Waals surface area contributed by atoms with Crippen LogP contribution in [0, 0.1) is 5.92 Å². The highest BCUT2D eigenvalue weighted by atomic mass is 16.5. The summed E-state index contributed by atoms with van der Waals surface area (Å²) in [4.78, 5) is 51.6. The summed E-state index contributed by atoms with van der Waals surface area (Å²) < 4.78 is 4.75. The highest BCUT2D eigenvalue weighted by Gasteiger charge is 2.68. The molecule has 2 atom stereocenters. The van der Waals surface area contributed by atoms with Crippen molar-refractivity contribution in [2.24, 2.45) is 5.92 Å². The first kappa shape index (κ1) is 16.2. The number of carbonyl (C=O) groups is 4. The molecule has 0 aliphatic carbocycles. The van der Waals surface area contributed by atoms with Crippen molar-refractivity contribution in [2.45, 2.75) is 25.3 Å². The molecule has 7 heteroatoms. The third kappa shape index (κ3) is 1.90. The van der Waals surface area contributed by atoms with E-state index in [4.69, 9.17) is 4.74 Å². The van der Waals surface area contributed by atoms with Gasteiger partial charge >= 0.3 is 5.97 Å². The number of rotatable bonds is 4. The summed E-state index contributed by atoms with van der Waals surface area (Å²) in [6, 6.07) is 6.60. The highest BCUT2D eigenvalue weighted by Crippen LogP contribution is 2.48. The van der Waals surface area contributed by atoms with Gasteiger partial charge in [0.1, 0.15) is 0 Å². The number of nitrogens with zero attached hydrogens (tertiary/aromatic N) is 1. The fourth-order valence-electron chi connectivity index (χ4n) is 3.60. The van der Waals surface area contributed by atoms with Gasteiger partial charge in [0.15, 0.2) is 11.5 Å². The van der Waals surface area contributed by atoms with Crippen molar-refractivity contribution < 1.29 is 23.9 Å². The number of fused-ring (bicyclic) bond motifs is 2. The molecule has 1 aromatic rings. The van der Waals surface area contributed by atoms with Gasteiger partial charge in [0.05, 0.1) is 7.11 Å². The number of methoxy groups -OCH3 is 1. The van der Waals surface area contributed by atoms with Gasteiger partial charge in [-0.25, -0.2) is 0 Å². The lowest BCUT2D eigenvalue weighted by molar-refractivity contribution is -0.155. The minimum Gasteiger partial charge on any atom is -0.468 e. The van der Waals surface area contributed by atoms with Gasteiger partial charge in [-0.15, -0.1) is 0 Å². The van der Waals surface area contributed by atoms with Crippen LogP contribution in [-0.4, -0.2) is 42.2 Å². The number of benzene rings is 1. The third-order valence-electron chi connectivity index (χ3n) is 4.67. The predicted octanol–water partition coefficient (Wildman–Crippen LogP) is 0.583. The van der Waals surface area contributed by atoms with Gasteiger partial charge in [-0.05, 0) is 12.5 Å². The lowest BCUT2D eigenvalue weighted by atomic mass is 9.79. The second kappa shape index (κ2) is 5.74. The number of hydrogen-bond acceptors (Lipinski definition) is 5. The van der Waals surface area contributed by atoms with Gasteiger partial charge in [0.2, 0.25) is 5.91 Å². The average Bonchev–Trinajstić information content (AvgIpc) is 2.98. The molecule has 1 aromatic carbocycles. The molecule has 7 nitrogen and oxygen atoms in total. The van der Waals surface area contributed by atoms with Crippen LogP contribution in [0.1, 0.15) is 35.7 Å². The van der Waals surface area contributed by atoms with Gasteiger partial charge in [-0.1, -0.05) is 31.5 Å². The molecule has 2 aliphatic heterocycles. The van der Waals surface area contributed by atoms with Crippen LogP contribution in [-0.2, 0) is 24.7 Å². The molecule has 3 amide bonds. The quantitative estimate of drug-likeness (QED) is 0.495. The molecule has 0 aromatic heterocycles. The highest BCUT2D eigenvalue weighted by molar-refractivity contribution is 6.22. The number of esters is 1. The lowest BCUT2D eigenvalue weighted by Crippen LogP contribution is -2.55. The van der Waals surface area contributed by atoms with Crippen molar-refractivity contribution in [3.8, 4) is 0 Å². The van der Waals surface area contributed by atoms with E-state index in [1.54, 1.807) is 24.3 Å². The summed E-state index contributed by atoms with van der Waals surface area (Å²) in [5, 5.41) is 2.21. The molecule has 0 saturated carbocycles. The molecule has 0 bridgehead atoms. The summed E-state index contributed by atoms with van der Waals surface area (Å²) in [7, 11) is 1.16. The van der Waals surface area contributed by atoms with Crippen LogP contribution in [0.25, 0.3) is 0 Å². The Labute approximate surface area is 139 Å². The molecule has 1 saturated heterocycles. The fourth-order valence-corrected chi connectivity index (χ4v) is 3.60. The van der Waals surface area contributed by atoms with E-state index in [0.29, 0.717) is 17.5 Å². The van der Waals surface area contributed by atoms with E-state index >= 15 is 0 Å². The summed E-state index contributed by atoms with van der Waals surface area (Å²) >= 11 is 0.